The number of methoxy groups -OCH3 is 1. The lowest BCUT2D eigenvalue weighted by Crippen LogP contribution is -1.98. The van der Waals surface area contributed by atoms with Gasteiger partial charge in [-0.05, 0) is 42.8 Å². The molecule has 0 spiro atoms. The summed E-state index contributed by atoms with van der Waals surface area (Å²) >= 11 is 0. The number of rotatable bonds is 4. The van der Waals surface area contributed by atoms with Crippen molar-refractivity contribution in [1.82, 2.24) is 9.97 Å². The molecule has 0 saturated heterocycles. The normalized spacial score (nSPS) is 10.5. The van der Waals surface area contributed by atoms with Crippen molar-refractivity contribution in [1.29, 1.82) is 0 Å². The number of aromatic nitrogens is 2. The zero-order valence-corrected chi connectivity index (χ0v) is 12.8. The van der Waals surface area contributed by atoms with Crippen LogP contribution >= 0.6 is 0 Å². The minimum absolute atomic E-state index is 0.783. The second-order valence-corrected chi connectivity index (χ2v) is 5.26. The van der Waals surface area contributed by atoms with Gasteiger partial charge in [0.1, 0.15) is 11.4 Å². The topological polar surface area (TPSA) is 35.0 Å². The van der Waals surface area contributed by atoms with Crippen LogP contribution in [0.2, 0.25) is 0 Å². The summed E-state index contributed by atoms with van der Waals surface area (Å²) in [5.74, 6) is 0.795. The van der Waals surface area contributed by atoms with Gasteiger partial charge in [-0.3, -0.25) is 4.98 Å². The molecule has 0 bridgehead atoms. The minimum Gasteiger partial charge on any atom is -0.494 e. The fourth-order valence-corrected chi connectivity index (χ4v) is 2.46. The van der Waals surface area contributed by atoms with E-state index < -0.39 is 0 Å². The molecule has 0 aliphatic rings. The third-order valence-corrected chi connectivity index (χ3v) is 3.56. The molecule has 0 aliphatic heterocycles. The van der Waals surface area contributed by atoms with Crippen LogP contribution in [0.1, 0.15) is 16.8 Å². The molecule has 3 nitrogen and oxygen atoms in total. The highest BCUT2D eigenvalue weighted by atomic mass is 16.5. The van der Waals surface area contributed by atoms with E-state index >= 15 is 0 Å². The second-order valence-electron chi connectivity index (χ2n) is 5.26. The second kappa shape index (κ2) is 6.39. The number of benzene rings is 1. The van der Waals surface area contributed by atoms with Gasteiger partial charge < -0.3 is 4.74 Å². The third-order valence-electron chi connectivity index (χ3n) is 3.56. The Morgan fingerprint density at radius 1 is 1.00 bits per heavy atom. The highest BCUT2D eigenvalue weighted by Gasteiger charge is 2.09. The number of nitrogens with zero attached hydrogens (tertiary/aromatic N) is 2. The first kappa shape index (κ1) is 14.3. The molecule has 22 heavy (non-hydrogen) atoms. The summed E-state index contributed by atoms with van der Waals surface area (Å²) in [6.45, 7) is 2.08. The molecule has 0 unspecified atom stereocenters. The Morgan fingerprint density at radius 3 is 2.55 bits per heavy atom. The van der Waals surface area contributed by atoms with Crippen molar-refractivity contribution in [3.8, 4) is 17.0 Å². The van der Waals surface area contributed by atoms with Crippen LogP contribution in [-0.2, 0) is 6.42 Å². The summed E-state index contributed by atoms with van der Waals surface area (Å²) < 4.78 is 5.47. The van der Waals surface area contributed by atoms with Gasteiger partial charge in [-0.2, -0.15) is 0 Å². The molecule has 2 aromatic heterocycles. The molecule has 0 aliphatic carbocycles. The van der Waals surface area contributed by atoms with E-state index in [0.29, 0.717) is 0 Å². The molecule has 0 fully saturated rings. The molecule has 0 atom stereocenters. The van der Waals surface area contributed by atoms with Crippen LogP contribution in [0.3, 0.4) is 0 Å². The molecule has 2 heterocycles. The Bertz CT molecular complexity index is 769. The van der Waals surface area contributed by atoms with Gasteiger partial charge in [-0.25, -0.2) is 4.98 Å². The fourth-order valence-electron chi connectivity index (χ4n) is 2.46. The molecule has 3 heteroatoms. The maximum absolute atomic E-state index is 5.47. The molecular weight excluding hydrogens is 272 g/mol. The molecule has 0 radical (unpaired) electrons. The third kappa shape index (κ3) is 3.14. The molecule has 0 N–H and O–H groups in total. The quantitative estimate of drug-likeness (QED) is 0.727. The first-order chi connectivity index (χ1) is 10.8. The van der Waals surface area contributed by atoms with Gasteiger partial charge in [-0.1, -0.05) is 23.8 Å². The van der Waals surface area contributed by atoms with Gasteiger partial charge in [0.15, 0.2) is 0 Å². The minimum atomic E-state index is 0.783. The van der Waals surface area contributed by atoms with Crippen LogP contribution in [0.4, 0.5) is 0 Å². The average Bonchev–Trinajstić information content (AvgIpc) is 2.56. The number of pyridine rings is 2. The van der Waals surface area contributed by atoms with Crippen LogP contribution in [0, 0.1) is 6.92 Å². The van der Waals surface area contributed by atoms with Crippen molar-refractivity contribution in [2.75, 3.05) is 7.11 Å². The molecule has 3 rings (SSSR count). The van der Waals surface area contributed by atoms with Gasteiger partial charge >= 0.3 is 0 Å². The van der Waals surface area contributed by atoms with Crippen LogP contribution in [0.5, 0.6) is 5.75 Å². The van der Waals surface area contributed by atoms with Crippen molar-refractivity contribution in [3.63, 3.8) is 0 Å². The van der Waals surface area contributed by atoms with Gasteiger partial charge in [-0.15, -0.1) is 0 Å². The van der Waals surface area contributed by atoms with E-state index in [0.717, 1.165) is 29.1 Å². The van der Waals surface area contributed by atoms with Crippen LogP contribution in [0.15, 0.2) is 60.9 Å². The van der Waals surface area contributed by atoms with Crippen molar-refractivity contribution < 1.29 is 4.74 Å². The van der Waals surface area contributed by atoms with Crippen molar-refractivity contribution in [2.45, 2.75) is 13.3 Å². The molecule has 3 aromatic rings. The van der Waals surface area contributed by atoms with Crippen molar-refractivity contribution >= 4 is 0 Å². The fraction of sp³-hybridized carbons (Fsp3) is 0.158. The average molecular weight is 290 g/mol. The van der Waals surface area contributed by atoms with Gasteiger partial charge in [0.05, 0.1) is 7.11 Å². The standard InChI is InChI=1S/C19H18N2O/c1-14-4-3-5-16(12-14)19-18(22-2)7-6-17(21-19)13-15-8-10-20-11-9-15/h3-12H,13H2,1-2H3. The molecule has 110 valence electrons. The summed E-state index contributed by atoms with van der Waals surface area (Å²) in [5.41, 5.74) is 5.39. The first-order valence-corrected chi connectivity index (χ1v) is 7.26. The Labute approximate surface area is 130 Å². The van der Waals surface area contributed by atoms with E-state index in [4.69, 9.17) is 9.72 Å². The Hall–Kier alpha value is -2.68. The van der Waals surface area contributed by atoms with Crippen LogP contribution in [-0.4, -0.2) is 17.1 Å². The van der Waals surface area contributed by atoms with Crippen molar-refractivity contribution in [2.24, 2.45) is 0 Å². The summed E-state index contributed by atoms with van der Waals surface area (Å²) in [6.07, 6.45) is 4.39. The van der Waals surface area contributed by atoms with Gasteiger partial charge in [0, 0.05) is 30.1 Å². The summed E-state index contributed by atoms with van der Waals surface area (Å²) in [7, 11) is 1.68. The lowest BCUT2D eigenvalue weighted by atomic mass is 10.1. The maximum atomic E-state index is 5.47. The van der Waals surface area contributed by atoms with E-state index in [-0.39, 0.29) is 0 Å². The van der Waals surface area contributed by atoms with E-state index in [1.54, 1.807) is 19.5 Å². The molecular formula is C19H18N2O. The number of hydrogen-bond donors (Lipinski definition) is 0. The van der Waals surface area contributed by atoms with E-state index in [1.807, 2.05) is 30.3 Å². The zero-order valence-electron chi connectivity index (χ0n) is 12.8. The van der Waals surface area contributed by atoms with Crippen molar-refractivity contribution in [3.05, 3.63) is 77.7 Å². The lowest BCUT2D eigenvalue weighted by Gasteiger charge is -2.11. The number of hydrogen-bond acceptors (Lipinski definition) is 3. The number of ether oxygens (including phenoxy) is 1. The van der Waals surface area contributed by atoms with E-state index in [1.165, 1.54) is 11.1 Å². The Morgan fingerprint density at radius 2 is 1.82 bits per heavy atom. The van der Waals surface area contributed by atoms with Crippen LogP contribution < -0.4 is 4.74 Å². The van der Waals surface area contributed by atoms with Crippen LogP contribution in [0.25, 0.3) is 11.3 Å². The monoisotopic (exact) mass is 290 g/mol. The zero-order chi connectivity index (χ0) is 15.4. The van der Waals surface area contributed by atoms with E-state index in [9.17, 15) is 0 Å². The SMILES string of the molecule is COc1ccc(Cc2ccncc2)nc1-c1cccc(C)c1. The predicted molar refractivity (Wildman–Crippen MR) is 88.0 cm³/mol. The largest absolute Gasteiger partial charge is 0.494 e. The summed E-state index contributed by atoms with van der Waals surface area (Å²) in [4.78, 5) is 8.85. The van der Waals surface area contributed by atoms with E-state index in [2.05, 4.69) is 30.1 Å². The molecule has 1 aromatic carbocycles. The smallest absolute Gasteiger partial charge is 0.145 e. The summed E-state index contributed by atoms with van der Waals surface area (Å²) in [5, 5.41) is 0. The lowest BCUT2D eigenvalue weighted by molar-refractivity contribution is 0.414. The molecule has 0 saturated carbocycles. The van der Waals surface area contributed by atoms with Gasteiger partial charge in [0.2, 0.25) is 0 Å². The highest BCUT2D eigenvalue weighted by Crippen LogP contribution is 2.29. The predicted octanol–water partition coefficient (Wildman–Crippen LogP) is 4.05. The number of aryl methyl sites for hydroxylation is 1. The Balaban J connectivity index is 1.99. The van der Waals surface area contributed by atoms with Gasteiger partial charge in [0.25, 0.3) is 0 Å². The first-order valence-electron chi connectivity index (χ1n) is 7.26. The summed E-state index contributed by atoms with van der Waals surface area (Å²) in [6, 6.07) is 16.3. The highest BCUT2D eigenvalue weighted by molar-refractivity contribution is 5.67. The molecule has 0 amide bonds. The Kier molecular flexibility index (Phi) is 4.15. The maximum Gasteiger partial charge on any atom is 0.145 e.